The molecular weight excluding hydrogens is 386 g/mol. The summed E-state index contributed by atoms with van der Waals surface area (Å²) in [5, 5.41) is 12.4. The number of benzene rings is 1. The second-order valence-corrected chi connectivity index (χ2v) is 9.21. The second-order valence-electron chi connectivity index (χ2n) is 7.90. The van der Waals surface area contributed by atoms with Crippen molar-refractivity contribution in [2.75, 3.05) is 36.5 Å². The lowest BCUT2D eigenvalue weighted by molar-refractivity contribution is -0.115. The Morgan fingerprint density at radius 3 is 2.45 bits per heavy atom. The van der Waals surface area contributed by atoms with Crippen LogP contribution < -0.4 is 10.2 Å². The predicted molar refractivity (Wildman–Crippen MR) is 118 cm³/mol. The average Bonchev–Trinajstić information content (AvgIpc) is 3.07. The van der Waals surface area contributed by atoms with Gasteiger partial charge in [0.1, 0.15) is 0 Å². The third-order valence-electron chi connectivity index (χ3n) is 4.92. The van der Waals surface area contributed by atoms with E-state index in [9.17, 15) is 4.79 Å². The van der Waals surface area contributed by atoms with Crippen LogP contribution in [0.1, 0.15) is 31.9 Å². The number of carbonyl (C=O) groups excluding carboxylic acids is 1. The third kappa shape index (κ3) is 5.30. The fraction of sp³-hybridized carbons (Fsp3) is 0.571. The first-order chi connectivity index (χ1) is 13.9. The van der Waals surface area contributed by atoms with E-state index in [-0.39, 0.29) is 11.2 Å². The first-order valence-corrected chi connectivity index (χ1v) is 11.0. The smallest absolute Gasteiger partial charge is 0.237 e. The highest BCUT2D eigenvalue weighted by Crippen LogP contribution is 2.28. The quantitative estimate of drug-likeness (QED) is 0.695. The van der Waals surface area contributed by atoms with Crippen molar-refractivity contribution in [2.45, 2.75) is 51.6 Å². The number of anilines is 2. The summed E-state index contributed by atoms with van der Waals surface area (Å²) in [5.74, 6) is 1.29. The molecule has 1 aliphatic rings. The van der Waals surface area contributed by atoms with Crippen LogP contribution in [0.5, 0.6) is 0 Å². The molecule has 1 saturated heterocycles. The van der Waals surface area contributed by atoms with E-state index in [0.717, 1.165) is 47.6 Å². The van der Waals surface area contributed by atoms with Gasteiger partial charge in [-0.15, -0.1) is 10.2 Å². The lowest BCUT2D eigenvalue weighted by Gasteiger charge is -2.28. The number of ether oxygens (including phenoxy) is 1. The number of aryl methyl sites for hydroxylation is 2. The maximum Gasteiger partial charge on any atom is 0.237 e. The van der Waals surface area contributed by atoms with Crippen molar-refractivity contribution in [3.05, 3.63) is 29.3 Å². The van der Waals surface area contributed by atoms with Gasteiger partial charge < -0.3 is 15.0 Å². The zero-order chi connectivity index (χ0) is 21.0. The lowest BCUT2D eigenvalue weighted by atomic mass is 10.1. The van der Waals surface area contributed by atoms with E-state index in [0.29, 0.717) is 19.1 Å². The average molecular weight is 418 g/mol. The van der Waals surface area contributed by atoms with E-state index in [2.05, 4.69) is 38.8 Å². The normalized spacial score (nSPS) is 15.6. The van der Waals surface area contributed by atoms with Gasteiger partial charge in [-0.05, 0) is 37.8 Å². The zero-order valence-corrected chi connectivity index (χ0v) is 18.8. The van der Waals surface area contributed by atoms with E-state index in [1.807, 2.05) is 39.0 Å². The fourth-order valence-electron chi connectivity index (χ4n) is 3.34. The Morgan fingerprint density at radius 1 is 1.17 bits per heavy atom. The van der Waals surface area contributed by atoms with E-state index in [1.165, 1.54) is 11.8 Å². The topological polar surface area (TPSA) is 72.3 Å². The number of rotatable bonds is 7. The number of nitrogens with zero attached hydrogens (tertiary/aromatic N) is 4. The molecular formula is C21H31N5O2S. The van der Waals surface area contributed by atoms with E-state index in [1.54, 1.807) is 0 Å². The number of hydrogen-bond acceptors (Lipinski definition) is 6. The molecule has 0 saturated carbocycles. The zero-order valence-electron chi connectivity index (χ0n) is 17.9. The fourth-order valence-corrected chi connectivity index (χ4v) is 4.19. The van der Waals surface area contributed by atoms with Gasteiger partial charge in [0.15, 0.2) is 5.16 Å². The molecule has 0 unspecified atom stereocenters. The molecule has 2 aromatic rings. The van der Waals surface area contributed by atoms with Crippen molar-refractivity contribution in [1.82, 2.24) is 14.8 Å². The summed E-state index contributed by atoms with van der Waals surface area (Å²) in [4.78, 5) is 15.1. The van der Waals surface area contributed by atoms with Crippen LogP contribution in [-0.2, 0) is 16.1 Å². The molecule has 0 aliphatic carbocycles. The number of amides is 1. The molecule has 1 aromatic heterocycles. The minimum Gasteiger partial charge on any atom is -0.378 e. The molecule has 29 heavy (non-hydrogen) atoms. The van der Waals surface area contributed by atoms with Gasteiger partial charge in [-0.25, -0.2) is 0 Å². The first-order valence-electron chi connectivity index (χ1n) is 10.2. The molecule has 2 heterocycles. The summed E-state index contributed by atoms with van der Waals surface area (Å²) >= 11 is 1.46. The molecule has 1 fully saturated rings. The molecule has 158 valence electrons. The monoisotopic (exact) mass is 417 g/mol. The Hall–Kier alpha value is -2.06. The molecule has 1 aromatic carbocycles. The Morgan fingerprint density at radius 2 is 1.83 bits per heavy atom. The number of thioether (sulfide) groups is 1. The van der Waals surface area contributed by atoms with Gasteiger partial charge in [0.25, 0.3) is 0 Å². The molecule has 1 N–H and O–H groups in total. The summed E-state index contributed by atoms with van der Waals surface area (Å²) in [6, 6.07) is 6.02. The summed E-state index contributed by atoms with van der Waals surface area (Å²) < 4.78 is 7.61. The number of morpholine rings is 1. The molecule has 3 rings (SSSR count). The van der Waals surface area contributed by atoms with Crippen molar-refractivity contribution in [1.29, 1.82) is 0 Å². The molecule has 1 amide bonds. The predicted octanol–water partition coefficient (Wildman–Crippen LogP) is 3.51. The van der Waals surface area contributed by atoms with Gasteiger partial charge in [0.2, 0.25) is 11.9 Å². The molecule has 0 radical (unpaired) electrons. The first kappa shape index (κ1) is 21.6. The standard InChI is InChI=1S/C21H31N5O2S/c1-14(2)13-26-20(25-9-11-28-12-10-25)23-24-21(26)29-17(5)19(27)22-18-15(3)7-6-8-16(18)4/h6-8,14,17H,9-13H2,1-5H3,(H,22,27)/t17-/m1/s1. The van der Waals surface area contributed by atoms with E-state index < -0.39 is 0 Å². The minimum atomic E-state index is -0.290. The van der Waals surface area contributed by atoms with Crippen LogP contribution in [0, 0.1) is 19.8 Å². The number of aromatic nitrogens is 3. The second kappa shape index (κ2) is 9.63. The van der Waals surface area contributed by atoms with Crippen LogP contribution in [0.25, 0.3) is 0 Å². The summed E-state index contributed by atoms with van der Waals surface area (Å²) in [5.41, 5.74) is 3.02. The third-order valence-corrected chi connectivity index (χ3v) is 6.00. The van der Waals surface area contributed by atoms with Crippen molar-refractivity contribution >= 4 is 29.3 Å². The number of para-hydroxylation sites is 1. The Balaban J connectivity index is 1.76. The van der Waals surface area contributed by atoms with Crippen molar-refractivity contribution < 1.29 is 9.53 Å². The molecule has 7 nitrogen and oxygen atoms in total. The molecule has 0 spiro atoms. The number of nitrogens with one attached hydrogen (secondary N) is 1. The van der Waals surface area contributed by atoms with Gasteiger partial charge >= 0.3 is 0 Å². The van der Waals surface area contributed by atoms with Crippen molar-refractivity contribution in [3.63, 3.8) is 0 Å². The largest absolute Gasteiger partial charge is 0.378 e. The van der Waals surface area contributed by atoms with Gasteiger partial charge in [-0.2, -0.15) is 0 Å². The van der Waals surface area contributed by atoms with Crippen molar-refractivity contribution in [3.8, 4) is 0 Å². The van der Waals surface area contributed by atoms with Gasteiger partial charge in [-0.1, -0.05) is 43.8 Å². The summed E-state index contributed by atoms with van der Waals surface area (Å²) in [6.07, 6.45) is 0. The van der Waals surface area contributed by atoms with Crippen LogP contribution in [-0.4, -0.2) is 52.2 Å². The summed E-state index contributed by atoms with van der Waals surface area (Å²) in [6.45, 7) is 14.1. The van der Waals surface area contributed by atoms with Gasteiger partial charge in [-0.3, -0.25) is 9.36 Å². The Labute approximate surface area is 177 Å². The van der Waals surface area contributed by atoms with Gasteiger partial charge in [0.05, 0.1) is 18.5 Å². The maximum absolute atomic E-state index is 12.8. The molecule has 1 aliphatic heterocycles. The molecule has 1 atom stereocenters. The Bertz CT molecular complexity index is 825. The number of carbonyl (C=O) groups is 1. The minimum absolute atomic E-state index is 0.0283. The van der Waals surface area contributed by atoms with Gasteiger partial charge in [0, 0.05) is 25.3 Å². The van der Waals surface area contributed by atoms with Crippen LogP contribution in [0.4, 0.5) is 11.6 Å². The highest BCUT2D eigenvalue weighted by molar-refractivity contribution is 8.00. The van der Waals surface area contributed by atoms with Crippen LogP contribution in [0.3, 0.4) is 0 Å². The highest BCUT2D eigenvalue weighted by Gasteiger charge is 2.24. The Kier molecular flexibility index (Phi) is 7.18. The van der Waals surface area contributed by atoms with Crippen LogP contribution in [0.2, 0.25) is 0 Å². The SMILES string of the molecule is Cc1cccc(C)c1NC(=O)[C@@H](C)Sc1nnc(N2CCOCC2)n1CC(C)C. The van der Waals surface area contributed by atoms with E-state index in [4.69, 9.17) is 4.74 Å². The van der Waals surface area contributed by atoms with Crippen LogP contribution in [0.15, 0.2) is 23.4 Å². The summed E-state index contributed by atoms with van der Waals surface area (Å²) in [7, 11) is 0. The molecule has 0 bridgehead atoms. The van der Waals surface area contributed by atoms with Crippen LogP contribution >= 0.6 is 11.8 Å². The van der Waals surface area contributed by atoms with Crippen molar-refractivity contribution in [2.24, 2.45) is 5.92 Å². The maximum atomic E-state index is 12.8. The van der Waals surface area contributed by atoms with E-state index >= 15 is 0 Å². The highest BCUT2D eigenvalue weighted by atomic mass is 32.2. The lowest BCUT2D eigenvalue weighted by Crippen LogP contribution is -2.38. The number of hydrogen-bond donors (Lipinski definition) is 1. The molecule has 8 heteroatoms.